The first kappa shape index (κ1) is 21.2. The van der Waals surface area contributed by atoms with Gasteiger partial charge in [-0.3, -0.25) is 19.5 Å². The number of hydrogen-bond acceptors (Lipinski definition) is 5. The lowest BCUT2D eigenvalue weighted by Gasteiger charge is -2.32. The molecule has 0 radical (unpaired) electrons. The summed E-state index contributed by atoms with van der Waals surface area (Å²) in [4.78, 5) is 40.8. The Morgan fingerprint density at radius 1 is 1.25 bits per heavy atom. The van der Waals surface area contributed by atoms with Gasteiger partial charge in [0.05, 0.1) is 17.0 Å². The lowest BCUT2D eigenvalue weighted by atomic mass is 9.78. The van der Waals surface area contributed by atoms with Crippen molar-refractivity contribution >= 4 is 29.2 Å². The molecule has 168 valence electrons. The lowest BCUT2D eigenvalue weighted by molar-refractivity contribution is -0.138. The first-order chi connectivity index (χ1) is 15.5. The second-order valence-electron chi connectivity index (χ2n) is 8.82. The first-order valence-electron chi connectivity index (χ1n) is 11.0. The lowest BCUT2D eigenvalue weighted by Crippen LogP contribution is -2.45. The van der Waals surface area contributed by atoms with E-state index in [9.17, 15) is 14.4 Å². The van der Waals surface area contributed by atoms with Gasteiger partial charge in [0.2, 0.25) is 11.8 Å². The number of likely N-dealkylation sites (tertiary alicyclic amines) is 1. The quantitative estimate of drug-likeness (QED) is 0.669. The molecule has 2 amide bonds. The van der Waals surface area contributed by atoms with Gasteiger partial charge in [-0.15, -0.1) is 11.6 Å². The summed E-state index contributed by atoms with van der Waals surface area (Å²) >= 11 is 6.46. The molecule has 3 N–H and O–H groups in total. The zero-order valence-electron chi connectivity index (χ0n) is 17.5. The topological polar surface area (TPSA) is 118 Å². The Bertz CT molecular complexity index is 1050. The Balaban J connectivity index is 1.65. The Labute approximate surface area is 190 Å². The van der Waals surface area contributed by atoms with Crippen LogP contribution in [0.25, 0.3) is 11.3 Å². The van der Waals surface area contributed by atoms with Crippen molar-refractivity contribution in [2.75, 3.05) is 13.2 Å². The van der Waals surface area contributed by atoms with Crippen LogP contribution in [0.2, 0.25) is 0 Å². The van der Waals surface area contributed by atoms with Crippen LogP contribution in [0, 0.1) is 5.92 Å². The van der Waals surface area contributed by atoms with E-state index < -0.39 is 29.3 Å². The number of ether oxygens (including phenoxy) is 1. The molecule has 2 aromatic rings. The Morgan fingerprint density at radius 3 is 2.72 bits per heavy atom. The predicted molar refractivity (Wildman–Crippen MR) is 117 cm³/mol. The number of nitrogens with one attached hydrogen (secondary N) is 1. The number of H-pyrrole nitrogens is 1. The second kappa shape index (κ2) is 8.33. The van der Waals surface area contributed by atoms with Crippen LogP contribution in [0.1, 0.15) is 47.5 Å². The second-order valence-corrected chi connectivity index (χ2v) is 9.38. The van der Waals surface area contributed by atoms with Gasteiger partial charge in [0.1, 0.15) is 18.8 Å². The molecule has 1 saturated carbocycles. The van der Waals surface area contributed by atoms with Crippen molar-refractivity contribution in [3.05, 3.63) is 41.6 Å². The molecule has 3 aliphatic rings. The minimum Gasteiger partial charge on any atom is -0.366 e. The van der Waals surface area contributed by atoms with E-state index in [2.05, 4.69) is 10.2 Å². The zero-order chi connectivity index (χ0) is 22.4. The monoisotopic (exact) mass is 456 g/mol. The molecule has 9 heteroatoms. The highest BCUT2D eigenvalue weighted by molar-refractivity contribution is 6.22. The number of aromatic amines is 1. The van der Waals surface area contributed by atoms with Crippen LogP contribution in [0.3, 0.4) is 0 Å². The van der Waals surface area contributed by atoms with Gasteiger partial charge >= 0.3 is 0 Å². The largest absolute Gasteiger partial charge is 0.366 e. The van der Waals surface area contributed by atoms with Crippen LogP contribution in [0.5, 0.6) is 0 Å². The molecular weight excluding hydrogens is 432 g/mol. The maximum absolute atomic E-state index is 14.1. The number of ketones is 1. The van der Waals surface area contributed by atoms with Crippen LogP contribution in [-0.4, -0.2) is 63.4 Å². The third kappa shape index (κ3) is 3.42. The van der Waals surface area contributed by atoms with E-state index in [-0.39, 0.29) is 30.8 Å². The molecule has 32 heavy (non-hydrogen) atoms. The highest BCUT2D eigenvalue weighted by Crippen LogP contribution is 2.45. The van der Waals surface area contributed by atoms with Crippen LogP contribution in [0.4, 0.5) is 0 Å². The van der Waals surface area contributed by atoms with E-state index in [0.717, 1.165) is 31.2 Å². The molecule has 0 bridgehead atoms. The van der Waals surface area contributed by atoms with Crippen LogP contribution in [-0.2, 0) is 14.3 Å². The summed E-state index contributed by atoms with van der Waals surface area (Å²) in [6.07, 6.45) is 4.89. The van der Waals surface area contributed by atoms with Crippen molar-refractivity contribution in [2.45, 2.75) is 49.1 Å². The molecule has 2 saturated heterocycles. The standard InChI is InChI=1S/C23H25ClN4O4/c24-15-10-28(20-17(29)11-32-21(15)20)23(31)18(12-4-1-2-5-12)19-13(16-8-9-26-27-16)6-3-7-14(19)22(25)30/h3,6-9,12,15,18,20-21H,1-2,4-5,10-11H2,(H2,25,30)(H,26,27)/t15-,18-,20+,21+/m0/s1. The number of amides is 2. The fourth-order valence-electron chi connectivity index (χ4n) is 5.61. The molecule has 1 aromatic heterocycles. The maximum atomic E-state index is 14.1. The highest BCUT2D eigenvalue weighted by atomic mass is 35.5. The van der Waals surface area contributed by atoms with Gasteiger partial charge in [0, 0.05) is 23.9 Å². The van der Waals surface area contributed by atoms with E-state index in [1.165, 1.54) is 0 Å². The number of halogens is 1. The van der Waals surface area contributed by atoms with Gasteiger partial charge in [-0.05, 0) is 36.5 Å². The molecule has 1 aromatic carbocycles. The summed E-state index contributed by atoms with van der Waals surface area (Å²) in [6, 6.07) is 6.41. The smallest absolute Gasteiger partial charge is 0.249 e. The number of alkyl halides is 1. The number of nitrogens with two attached hydrogens (primary N) is 1. The van der Waals surface area contributed by atoms with E-state index in [1.54, 1.807) is 29.3 Å². The molecule has 8 nitrogen and oxygen atoms in total. The maximum Gasteiger partial charge on any atom is 0.249 e. The predicted octanol–water partition coefficient (Wildman–Crippen LogP) is 2.24. The SMILES string of the molecule is NC(=O)c1cccc(-c2ccn[nH]2)c1[C@@H](C(=O)N1C[C@H](Cl)[C@H]2OCC(=O)[C@H]21)C1CCCC1. The number of carbonyl (C=O) groups excluding carboxylic acids is 3. The number of nitrogens with zero attached hydrogens (tertiary/aromatic N) is 2. The Kier molecular flexibility index (Phi) is 5.51. The Hall–Kier alpha value is -2.71. The van der Waals surface area contributed by atoms with Gasteiger partial charge in [-0.1, -0.05) is 25.0 Å². The fraction of sp³-hybridized carbons (Fsp3) is 0.478. The Morgan fingerprint density at radius 2 is 2.03 bits per heavy atom. The molecule has 5 rings (SSSR count). The van der Waals surface area contributed by atoms with Crippen molar-refractivity contribution in [1.82, 2.24) is 15.1 Å². The summed E-state index contributed by atoms with van der Waals surface area (Å²) in [7, 11) is 0. The molecule has 2 aliphatic heterocycles. The summed E-state index contributed by atoms with van der Waals surface area (Å²) in [6.45, 7) is 0.205. The van der Waals surface area contributed by atoms with Crippen molar-refractivity contribution in [1.29, 1.82) is 0 Å². The third-order valence-electron chi connectivity index (χ3n) is 7.02. The van der Waals surface area contributed by atoms with E-state index in [1.807, 2.05) is 6.07 Å². The van der Waals surface area contributed by atoms with Crippen molar-refractivity contribution in [3.8, 4) is 11.3 Å². The molecule has 0 spiro atoms. The van der Waals surface area contributed by atoms with Crippen LogP contribution in [0.15, 0.2) is 30.5 Å². The summed E-state index contributed by atoms with van der Waals surface area (Å²) in [5.41, 5.74) is 8.11. The molecule has 1 aliphatic carbocycles. The van der Waals surface area contributed by atoms with Crippen molar-refractivity contribution in [2.24, 2.45) is 11.7 Å². The molecular formula is C23H25ClN4O4. The number of primary amides is 1. The number of Topliss-reactive ketones (excluding diaryl/α,β-unsaturated/α-hetero) is 1. The van der Waals surface area contributed by atoms with Crippen molar-refractivity contribution in [3.63, 3.8) is 0 Å². The number of fused-ring (bicyclic) bond motifs is 1. The average Bonchev–Trinajstić information content (AvgIpc) is 3.56. The zero-order valence-corrected chi connectivity index (χ0v) is 18.3. The van der Waals surface area contributed by atoms with E-state index in [4.69, 9.17) is 22.1 Å². The number of carbonyl (C=O) groups is 3. The van der Waals surface area contributed by atoms with Crippen LogP contribution < -0.4 is 5.73 Å². The van der Waals surface area contributed by atoms with E-state index >= 15 is 0 Å². The van der Waals surface area contributed by atoms with Gasteiger partial charge in [0.25, 0.3) is 0 Å². The molecule has 3 fully saturated rings. The van der Waals surface area contributed by atoms with Gasteiger partial charge in [-0.2, -0.15) is 5.10 Å². The van der Waals surface area contributed by atoms with Crippen LogP contribution >= 0.6 is 11.6 Å². The number of benzene rings is 1. The minimum absolute atomic E-state index is 0.0340. The summed E-state index contributed by atoms with van der Waals surface area (Å²) in [5, 5.41) is 6.54. The number of aromatic nitrogens is 2. The average molecular weight is 457 g/mol. The highest BCUT2D eigenvalue weighted by Gasteiger charge is 2.53. The van der Waals surface area contributed by atoms with Gasteiger partial charge in [0.15, 0.2) is 5.78 Å². The third-order valence-corrected chi connectivity index (χ3v) is 7.40. The number of rotatable bonds is 5. The normalized spacial score (nSPS) is 26.5. The summed E-state index contributed by atoms with van der Waals surface area (Å²) in [5.74, 6) is -1.49. The molecule has 4 atom stereocenters. The van der Waals surface area contributed by atoms with Crippen molar-refractivity contribution < 1.29 is 19.1 Å². The van der Waals surface area contributed by atoms with Gasteiger partial charge in [-0.25, -0.2) is 0 Å². The molecule has 0 unspecified atom stereocenters. The summed E-state index contributed by atoms with van der Waals surface area (Å²) < 4.78 is 5.57. The minimum atomic E-state index is -0.676. The molecule has 3 heterocycles. The first-order valence-corrected chi connectivity index (χ1v) is 11.4. The van der Waals surface area contributed by atoms with Gasteiger partial charge < -0.3 is 15.4 Å². The van der Waals surface area contributed by atoms with E-state index in [0.29, 0.717) is 16.8 Å². The number of hydrogen-bond donors (Lipinski definition) is 2. The fourth-order valence-corrected chi connectivity index (χ4v) is 5.97.